The molecular formula is C13H23ClN4O2. The number of likely N-dealkylation sites (N-methyl/N-ethyl adjacent to an activating group) is 1. The fraction of sp³-hybridized carbons (Fsp3) is 0.846. The van der Waals surface area contributed by atoms with Crippen LogP contribution in [0.25, 0.3) is 0 Å². The summed E-state index contributed by atoms with van der Waals surface area (Å²) in [6.07, 6.45) is 4.06. The Labute approximate surface area is 125 Å². The van der Waals surface area contributed by atoms with Crippen LogP contribution in [-0.2, 0) is 10.3 Å². The Balaban J connectivity index is 0.00000147. The van der Waals surface area contributed by atoms with Crippen molar-refractivity contribution in [3.63, 3.8) is 0 Å². The summed E-state index contributed by atoms with van der Waals surface area (Å²) < 4.78 is 11.1. The lowest BCUT2D eigenvalue weighted by Crippen LogP contribution is -2.38. The van der Waals surface area contributed by atoms with Crippen molar-refractivity contribution in [2.75, 3.05) is 26.2 Å². The fourth-order valence-electron chi connectivity index (χ4n) is 2.94. The van der Waals surface area contributed by atoms with E-state index in [4.69, 9.17) is 15.0 Å². The molecular weight excluding hydrogens is 280 g/mol. The zero-order valence-corrected chi connectivity index (χ0v) is 12.7. The van der Waals surface area contributed by atoms with Gasteiger partial charge >= 0.3 is 0 Å². The van der Waals surface area contributed by atoms with Crippen LogP contribution in [0.4, 0.5) is 0 Å². The summed E-state index contributed by atoms with van der Waals surface area (Å²) in [5.74, 6) is 1.22. The quantitative estimate of drug-likeness (QED) is 0.914. The number of ether oxygens (including phenoxy) is 1. The molecule has 2 heterocycles. The van der Waals surface area contributed by atoms with E-state index in [9.17, 15) is 0 Å². The molecule has 2 N–H and O–H groups in total. The molecule has 6 nitrogen and oxygen atoms in total. The standard InChI is InChI=1S/C13H22N4O2.ClH/c1-2-17-7-8-18-10(9-17)11-15-12(16-19-11)13(14)5-3-4-6-13;/h10H,2-9,14H2,1H3;1H. The Morgan fingerprint density at radius 1 is 1.40 bits per heavy atom. The van der Waals surface area contributed by atoms with Crippen LogP contribution >= 0.6 is 12.4 Å². The minimum absolute atomic E-state index is 0. The van der Waals surface area contributed by atoms with Gasteiger partial charge in [0.1, 0.15) is 6.10 Å². The number of nitrogens with zero attached hydrogens (tertiary/aromatic N) is 3. The Hall–Kier alpha value is -0.690. The van der Waals surface area contributed by atoms with Gasteiger partial charge in [0, 0.05) is 13.1 Å². The molecule has 1 unspecified atom stereocenters. The molecule has 7 heteroatoms. The first kappa shape index (κ1) is 15.7. The number of morpholine rings is 1. The summed E-state index contributed by atoms with van der Waals surface area (Å²) in [6.45, 7) is 5.66. The Kier molecular flexibility index (Phi) is 5.01. The number of nitrogens with two attached hydrogens (primary N) is 1. The molecule has 1 atom stereocenters. The topological polar surface area (TPSA) is 77.4 Å². The van der Waals surface area contributed by atoms with Gasteiger partial charge < -0.3 is 15.0 Å². The van der Waals surface area contributed by atoms with E-state index < -0.39 is 0 Å². The van der Waals surface area contributed by atoms with Gasteiger partial charge in [-0.25, -0.2) is 0 Å². The number of halogens is 1. The van der Waals surface area contributed by atoms with E-state index in [0.29, 0.717) is 18.3 Å². The molecule has 114 valence electrons. The lowest BCUT2D eigenvalue weighted by molar-refractivity contribution is -0.0431. The van der Waals surface area contributed by atoms with Gasteiger partial charge in [0.2, 0.25) is 0 Å². The predicted molar refractivity (Wildman–Crippen MR) is 76.7 cm³/mol. The SMILES string of the molecule is CCN1CCOC(c2nc(C3(N)CCCC3)no2)C1.Cl. The summed E-state index contributed by atoms with van der Waals surface area (Å²) in [6, 6.07) is 0. The summed E-state index contributed by atoms with van der Waals surface area (Å²) >= 11 is 0. The van der Waals surface area contributed by atoms with Gasteiger partial charge in [-0.05, 0) is 19.4 Å². The van der Waals surface area contributed by atoms with E-state index in [1.54, 1.807) is 0 Å². The van der Waals surface area contributed by atoms with Gasteiger partial charge in [0.05, 0.1) is 12.1 Å². The van der Waals surface area contributed by atoms with Crippen LogP contribution in [0.5, 0.6) is 0 Å². The second-order valence-electron chi connectivity index (χ2n) is 5.57. The minimum atomic E-state index is -0.388. The van der Waals surface area contributed by atoms with Crippen molar-refractivity contribution in [3.05, 3.63) is 11.7 Å². The number of rotatable bonds is 3. The highest BCUT2D eigenvalue weighted by atomic mass is 35.5. The molecule has 3 rings (SSSR count). The molecule has 0 spiro atoms. The third-order valence-corrected chi connectivity index (χ3v) is 4.26. The maximum absolute atomic E-state index is 6.34. The molecule has 0 amide bonds. The average Bonchev–Trinajstić information content (AvgIpc) is 3.08. The molecule has 0 aromatic carbocycles. The average molecular weight is 303 g/mol. The third-order valence-electron chi connectivity index (χ3n) is 4.26. The van der Waals surface area contributed by atoms with E-state index in [0.717, 1.165) is 45.3 Å². The Morgan fingerprint density at radius 2 is 2.15 bits per heavy atom. The fourth-order valence-corrected chi connectivity index (χ4v) is 2.94. The number of aromatic nitrogens is 2. The molecule has 2 aliphatic rings. The van der Waals surface area contributed by atoms with Crippen molar-refractivity contribution in [2.45, 2.75) is 44.2 Å². The lowest BCUT2D eigenvalue weighted by Gasteiger charge is -2.29. The monoisotopic (exact) mass is 302 g/mol. The van der Waals surface area contributed by atoms with Crippen LogP contribution in [0.2, 0.25) is 0 Å². The van der Waals surface area contributed by atoms with Gasteiger partial charge in [-0.3, -0.25) is 4.90 Å². The van der Waals surface area contributed by atoms with E-state index in [1.807, 2.05) is 0 Å². The van der Waals surface area contributed by atoms with E-state index in [-0.39, 0.29) is 24.0 Å². The van der Waals surface area contributed by atoms with Crippen LogP contribution in [0.3, 0.4) is 0 Å². The minimum Gasteiger partial charge on any atom is -0.366 e. The zero-order valence-electron chi connectivity index (χ0n) is 11.9. The van der Waals surface area contributed by atoms with Gasteiger partial charge in [-0.15, -0.1) is 12.4 Å². The van der Waals surface area contributed by atoms with Crippen molar-refractivity contribution in [2.24, 2.45) is 5.73 Å². The first-order valence-corrected chi connectivity index (χ1v) is 7.18. The Morgan fingerprint density at radius 3 is 2.85 bits per heavy atom. The van der Waals surface area contributed by atoms with Crippen molar-refractivity contribution >= 4 is 12.4 Å². The van der Waals surface area contributed by atoms with Gasteiger partial charge in [0.15, 0.2) is 5.82 Å². The highest BCUT2D eigenvalue weighted by Crippen LogP contribution is 2.35. The second-order valence-corrected chi connectivity index (χ2v) is 5.57. The summed E-state index contributed by atoms with van der Waals surface area (Å²) in [5, 5.41) is 4.09. The van der Waals surface area contributed by atoms with Crippen molar-refractivity contribution in [1.29, 1.82) is 0 Å². The third kappa shape index (κ3) is 2.98. The molecule has 2 fully saturated rings. The smallest absolute Gasteiger partial charge is 0.257 e. The first-order valence-electron chi connectivity index (χ1n) is 7.18. The van der Waals surface area contributed by atoms with Crippen molar-refractivity contribution < 1.29 is 9.26 Å². The van der Waals surface area contributed by atoms with Crippen LogP contribution in [0.1, 0.15) is 50.4 Å². The number of hydrogen-bond acceptors (Lipinski definition) is 6. The maximum Gasteiger partial charge on any atom is 0.257 e. The van der Waals surface area contributed by atoms with E-state index >= 15 is 0 Å². The van der Waals surface area contributed by atoms with Crippen molar-refractivity contribution in [1.82, 2.24) is 15.0 Å². The van der Waals surface area contributed by atoms with Crippen LogP contribution in [-0.4, -0.2) is 41.3 Å². The van der Waals surface area contributed by atoms with E-state index in [1.165, 1.54) is 0 Å². The predicted octanol–water partition coefficient (Wildman–Crippen LogP) is 1.61. The largest absolute Gasteiger partial charge is 0.366 e. The van der Waals surface area contributed by atoms with Crippen LogP contribution < -0.4 is 5.73 Å². The molecule has 1 saturated heterocycles. The molecule has 0 bridgehead atoms. The molecule has 0 radical (unpaired) electrons. The Bertz CT molecular complexity index is 434. The summed E-state index contributed by atoms with van der Waals surface area (Å²) in [5.41, 5.74) is 5.95. The molecule has 1 aliphatic carbocycles. The molecule has 1 aliphatic heterocycles. The van der Waals surface area contributed by atoms with Gasteiger partial charge in [0.25, 0.3) is 5.89 Å². The summed E-state index contributed by atoms with van der Waals surface area (Å²) in [7, 11) is 0. The zero-order chi connectivity index (χ0) is 13.3. The lowest BCUT2D eigenvalue weighted by atomic mass is 9.99. The molecule has 1 aromatic rings. The maximum atomic E-state index is 6.34. The molecule has 20 heavy (non-hydrogen) atoms. The number of hydrogen-bond donors (Lipinski definition) is 1. The molecule has 1 saturated carbocycles. The highest BCUT2D eigenvalue weighted by molar-refractivity contribution is 5.85. The first-order chi connectivity index (χ1) is 9.21. The highest BCUT2D eigenvalue weighted by Gasteiger charge is 2.37. The van der Waals surface area contributed by atoms with Gasteiger partial charge in [-0.1, -0.05) is 24.9 Å². The van der Waals surface area contributed by atoms with Crippen LogP contribution in [0, 0.1) is 0 Å². The summed E-state index contributed by atoms with van der Waals surface area (Å²) in [4.78, 5) is 6.83. The van der Waals surface area contributed by atoms with Crippen LogP contribution in [0.15, 0.2) is 4.52 Å². The second kappa shape index (κ2) is 6.39. The molecule has 1 aromatic heterocycles. The van der Waals surface area contributed by atoms with E-state index in [2.05, 4.69) is 22.0 Å². The normalized spacial score (nSPS) is 26.4. The van der Waals surface area contributed by atoms with Crippen molar-refractivity contribution in [3.8, 4) is 0 Å². The van der Waals surface area contributed by atoms with Gasteiger partial charge in [-0.2, -0.15) is 4.98 Å².